The predicted octanol–water partition coefficient (Wildman–Crippen LogP) is 3.98. The zero-order chi connectivity index (χ0) is 19.2. The van der Waals surface area contributed by atoms with Crippen molar-refractivity contribution in [2.45, 2.75) is 26.2 Å². The van der Waals surface area contributed by atoms with Crippen LogP contribution in [-0.2, 0) is 6.42 Å². The number of carbonyl (C=O) groups excluding carboxylic acids is 2. The van der Waals surface area contributed by atoms with Gasteiger partial charge in [-0.2, -0.15) is 0 Å². The molecule has 0 bridgehead atoms. The molecule has 1 aliphatic heterocycles. The van der Waals surface area contributed by atoms with E-state index in [9.17, 15) is 9.59 Å². The minimum atomic E-state index is 0.0174. The third kappa shape index (κ3) is 5.50. The quantitative estimate of drug-likeness (QED) is 0.678. The van der Waals surface area contributed by atoms with E-state index in [2.05, 4.69) is 24.1 Å². The molecule has 0 aliphatic carbocycles. The molecule has 3 rings (SSSR count). The van der Waals surface area contributed by atoms with Gasteiger partial charge in [0.25, 0.3) is 5.91 Å². The number of Topliss-reactive ketones (excluding diaryl/α,β-unsaturated/α-hetero) is 1. The second kappa shape index (κ2) is 9.29. The van der Waals surface area contributed by atoms with Crippen molar-refractivity contribution in [2.24, 2.45) is 5.92 Å². The molecular weight excluding hydrogens is 356 g/mol. The smallest absolute Gasteiger partial charge is 0.254 e. The van der Waals surface area contributed by atoms with Crippen LogP contribution in [0.2, 0.25) is 0 Å². The Balaban J connectivity index is 1.72. The van der Waals surface area contributed by atoms with Gasteiger partial charge in [0, 0.05) is 25.0 Å². The van der Waals surface area contributed by atoms with Gasteiger partial charge < -0.3 is 9.80 Å². The van der Waals surface area contributed by atoms with Crippen LogP contribution in [0.5, 0.6) is 0 Å². The first kappa shape index (κ1) is 19.8. The number of hydrogen-bond donors (Lipinski definition) is 0. The third-order valence-corrected chi connectivity index (χ3v) is 6.23. The largest absolute Gasteiger partial charge is 0.338 e. The summed E-state index contributed by atoms with van der Waals surface area (Å²) in [5.74, 6) is 0.570. The van der Waals surface area contributed by atoms with Crippen LogP contribution in [0.25, 0.3) is 0 Å². The van der Waals surface area contributed by atoms with E-state index < -0.39 is 0 Å². The molecule has 1 atom stereocenters. The number of ketones is 1. The molecule has 1 unspecified atom stereocenters. The lowest BCUT2D eigenvalue weighted by molar-refractivity contribution is 0.0694. The Kier molecular flexibility index (Phi) is 6.80. The normalized spacial score (nSPS) is 17.6. The maximum absolute atomic E-state index is 13.2. The van der Waals surface area contributed by atoms with Crippen LogP contribution in [-0.4, -0.2) is 54.7 Å². The van der Waals surface area contributed by atoms with Gasteiger partial charge in [-0.15, -0.1) is 11.3 Å². The summed E-state index contributed by atoms with van der Waals surface area (Å²) in [5.41, 5.74) is 1.88. The molecule has 0 radical (unpaired) electrons. The maximum atomic E-state index is 13.2. The summed E-state index contributed by atoms with van der Waals surface area (Å²) in [6.07, 6.45) is 3.20. The molecule has 0 saturated carbocycles. The van der Waals surface area contributed by atoms with E-state index in [1.807, 2.05) is 28.5 Å². The van der Waals surface area contributed by atoms with Crippen LogP contribution in [0.3, 0.4) is 0 Å². The van der Waals surface area contributed by atoms with Gasteiger partial charge in [0.15, 0.2) is 5.78 Å². The van der Waals surface area contributed by atoms with E-state index in [0.717, 1.165) is 26.1 Å². The molecule has 2 aromatic rings. The SMILES string of the molecule is CC(=O)c1cc(C(=O)N(CCc2ccccc2)CC2CCCN(C)C2)cs1. The average Bonchev–Trinajstić information content (AvgIpc) is 3.16. The summed E-state index contributed by atoms with van der Waals surface area (Å²) >= 11 is 1.36. The Labute approximate surface area is 165 Å². The molecular formula is C22H28N2O2S. The van der Waals surface area contributed by atoms with Crippen LogP contribution < -0.4 is 0 Å². The van der Waals surface area contributed by atoms with Crippen LogP contribution in [0.15, 0.2) is 41.8 Å². The van der Waals surface area contributed by atoms with Gasteiger partial charge in [0.2, 0.25) is 0 Å². The van der Waals surface area contributed by atoms with E-state index in [0.29, 0.717) is 22.9 Å². The highest BCUT2D eigenvalue weighted by atomic mass is 32.1. The topological polar surface area (TPSA) is 40.6 Å². The molecule has 144 valence electrons. The number of carbonyl (C=O) groups is 2. The maximum Gasteiger partial charge on any atom is 0.254 e. The van der Waals surface area contributed by atoms with Crippen molar-refractivity contribution in [1.82, 2.24) is 9.80 Å². The van der Waals surface area contributed by atoms with Gasteiger partial charge in [0.1, 0.15) is 0 Å². The van der Waals surface area contributed by atoms with E-state index in [4.69, 9.17) is 0 Å². The Morgan fingerprint density at radius 1 is 1.26 bits per heavy atom. The lowest BCUT2D eigenvalue weighted by Crippen LogP contribution is -2.42. The van der Waals surface area contributed by atoms with Gasteiger partial charge in [-0.25, -0.2) is 0 Å². The molecule has 27 heavy (non-hydrogen) atoms. The number of thiophene rings is 1. The number of amides is 1. The molecule has 1 amide bonds. The van der Waals surface area contributed by atoms with Gasteiger partial charge in [0.05, 0.1) is 10.4 Å². The van der Waals surface area contributed by atoms with Crippen molar-refractivity contribution in [2.75, 3.05) is 33.2 Å². The number of likely N-dealkylation sites (tertiary alicyclic amines) is 1. The number of nitrogens with zero attached hydrogens (tertiary/aromatic N) is 2. The van der Waals surface area contributed by atoms with Crippen LogP contribution in [0, 0.1) is 5.92 Å². The summed E-state index contributed by atoms with van der Waals surface area (Å²) in [6, 6.07) is 12.0. The summed E-state index contributed by atoms with van der Waals surface area (Å²) < 4.78 is 0. The van der Waals surface area contributed by atoms with Crippen molar-refractivity contribution in [3.63, 3.8) is 0 Å². The monoisotopic (exact) mass is 384 g/mol. The van der Waals surface area contributed by atoms with E-state index in [1.54, 1.807) is 13.0 Å². The molecule has 2 heterocycles. The van der Waals surface area contributed by atoms with Crippen molar-refractivity contribution >= 4 is 23.0 Å². The number of piperidine rings is 1. The first-order valence-corrected chi connectivity index (χ1v) is 10.5. The van der Waals surface area contributed by atoms with Crippen LogP contribution >= 0.6 is 11.3 Å². The minimum absolute atomic E-state index is 0.0174. The number of benzene rings is 1. The summed E-state index contributed by atoms with van der Waals surface area (Å²) in [5, 5.41) is 1.82. The average molecular weight is 385 g/mol. The van der Waals surface area contributed by atoms with E-state index >= 15 is 0 Å². The van der Waals surface area contributed by atoms with Crippen LogP contribution in [0.1, 0.15) is 45.4 Å². The second-order valence-corrected chi connectivity index (χ2v) is 8.42. The summed E-state index contributed by atoms with van der Waals surface area (Å²) in [7, 11) is 2.15. The molecule has 0 N–H and O–H groups in total. The van der Waals surface area contributed by atoms with Crippen LogP contribution in [0.4, 0.5) is 0 Å². The summed E-state index contributed by atoms with van der Waals surface area (Å²) in [6.45, 7) is 5.21. The highest BCUT2D eigenvalue weighted by molar-refractivity contribution is 7.12. The second-order valence-electron chi connectivity index (χ2n) is 7.51. The van der Waals surface area contributed by atoms with E-state index in [-0.39, 0.29) is 11.7 Å². The highest BCUT2D eigenvalue weighted by Crippen LogP contribution is 2.21. The molecule has 1 saturated heterocycles. The molecule has 5 heteroatoms. The first-order chi connectivity index (χ1) is 13.0. The van der Waals surface area contributed by atoms with Crippen molar-refractivity contribution in [3.05, 3.63) is 57.8 Å². The lowest BCUT2D eigenvalue weighted by atomic mass is 9.97. The van der Waals surface area contributed by atoms with Crippen molar-refractivity contribution in [3.8, 4) is 0 Å². The van der Waals surface area contributed by atoms with Gasteiger partial charge >= 0.3 is 0 Å². The minimum Gasteiger partial charge on any atom is -0.338 e. The van der Waals surface area contributed by atoms with E-state index in [1.165, 1.54) is 29.7 Å². The Bertz CT molecular complexity index is 772. The standard InChI is InChI=1S/C22H28N2O2S/c1-17(25)21-13-20(16-27-21)22(26)24(12-10-18-7-4-3-5-8-18)15-19-9-6-11-23(2)14-19/h3-5,7-8,13,16,19H,6,9-12,14-15H2,1-2H3. The Hall–Kier alpha value is -1.98. The fourth-order valence-electron chi connectivity index (χ4n) is 3.73. The van der Waals surface area contributed by atoms with Gasteiger partial charge in [-0.3, -0.25) is 9.59 Å². The third-order valence-electron chi connectivity index (χ3n) is 5.19. The molecule has 4 nitrogen and oxygen atoms in total. The fourth-order valence-corrected chi connectivity index (χ4v) is 4.52. The first-order valence-electron chi connectivity index (χ1n) is 9.64. The molecule has 1 aliphatic rings. The number of rotatable bonds is 7. The van der Waals surface area contributed by atoms with Crippen molar-refractivity contribution < 1.29 is 9.59 Å². The highest BCUT2D eigenvalue weighted by Gasteiger charge is 2.24. The molecule has 1 fully saturated rings. The van der Waals surface area contributed by atoms with Crippen molar-refractivity contribution in [1.29, 1.82) is 0 Å². The Morgan fingerprint density at radius 2 is 2.04 bits per heavy atom. The lowest BCUT2D eigenvalue weighted by Gasteiger charge is -2.34. The zero-order valence-corrected chi connectivity index (χ0v) is 17.0. The molecule has 1 aromatic heterocycles. The van der Waals surface area contributed by atoms with Gasteiger partial charge in [-0.05, 0) is 57.3 Å². The summed E-state index contributed by atoms with van der Waals surface area (Å²) in [4.78, 5) is 29.8. The zero-order valence-electron chi connectivity index (χ0n) is 16.2. The molecule has 1 aromatic carbocycles. The molecule has 0 spiro atoms. The fraction of sp³-hybridized carbons (Fsp3) is 0.455. The number of hydrogen-bond acceptors (Lipinski definition) is 4. The van der Waals surface area contributed by atoms with Gasteiger partial charge in [-0.1, -0.05) is 30.3 Å². The predicted molar refractivity (Wildman–Crippen MR) is 111 cm³/mol. The Morgan fingerprint density at radius 3 is 2.70 bits per heavy atom.